The third-order valence-electron chi connectivity index (χ3n) is 7.00. The lowest BCUT2D eigenvalue weighted by molar-refractivity contribution is -0.142. The number of amides is 2. The molecule has 3 aliphatic heterocycles. The van der Waals surface area contributed by atoms with E-state index in [9.17, 15) is 14.4 Å². The van der Waals surface area contributed by atoms with E-state index in [1.807, 2.05) is 86.4 Å². The van der Waals surface area contributed by atoms with Crippen molar-refractivity contribution in [2.45, 2.75) is 39.4 Å². The molecular weight excluding hydrogens is 416 g/mol. The van der Waals surface area contributed by atoms with Crippen molar-refractivity contribution < 1.29 is 19.1 Å². The Morgan fingerprint density at radius 1 is 1.00 bits per heavy atom. The van der Waals surface area contributed by atoms with Crippen molar-refractivity contribution >= 4 is 29.4 Å². The van der Waals surface area contributed by atoms with Gasteiger partial charge in [0, 0.05) is 16.7 Å². The number of ether oxygens (including phenoxy) is 1. The summed E-state index contributed by atoms with van der Waals surface area (Å²) in [4.78, 5) is 44.4. The molecule has 2 aromatic rings. The van der Waals surface area contributed by atoms with Crippen LogP contribution in [0.5, 0.6) is 5.75 Å². The number of carbonyl (C=O) groups is 3. The Hall–Kier alpha value is -3.41. The number of benzene rings is 2. The Kier molecular flexibility index (Phi) is 4.92. The average Bonchev–Trinajstić information content (AvgIpc) is 3.26. The van der Waals surface area contributed by atoms with Gasteiger partial charge < -0.3 is 9.64 Å². The predicted octanol–water partition coefficient (Wildman–Crippen LogP) is 3.70. The Morgan fingerprint density at radius 3 is 2.36 bits per heavy atom. The Bertz CT molecular complexity index is 1160. The molecule has 6 heteroatoms. The molecule has 3 aliphatic rings. The lowest BCUT2D eigenvalue weighted by Gasteiger charge is -2.38. The summed E-state index contributed by atoms with van der Waals surface area (Å²) >= 11 is 0. The number of anilines is 1. The Morgan fingerprint density at radius 2 is 1.70 bits per heavy atom. The molecule has 2 saturated heterocycles. The normalized spacial score (nSPS) is 25.7. The molecule has 2 aromatic carbocycles. The quantitative estimate of drug-likeness (QED) is 0.673. The van der Waals surface area contributed by atoms with Gasteiger partial charge in [0.15, 0.2) is 5.78 Å². The molecule has 0 bridgehead atoms. The first-order chi connectivity index (χ1) is 15.7. The highest BCUT2D eigenvalue weighted by atomic mass is 16.5. The van der Waals surface area contributed by atoms with Gasteiger partial charge in [0.1, 0.15) is 11.8 Å². The summed E-state index contributed by atoms with van der Waals surface area (Å²) in [5.41, 5.74) is 2.01. The van der Waals surface area contributed by atoms with Crippen molar-refractivity contribution in [3.05, 3.63) is 65.7 Å². The highest BCUT2D eigenvalue weighted by Gasteiger charge is 2.64. The van der Waals surface area contributed by atoms with Crippen LogP contribution in [-0.2, 0) is 20.9 Å². The minimum absolute atomic E-state index is 0.0280. The van der Waals surface area contributed by atoms with Gasteiger partial charge in [0.2, 0.25) is 11.8 Å². The molecular formula is C27H28N2O4. The highest BCUT2D eigenvalue weighted by molar-refractivity contribution is 6.11. The smallest absolute Gasteiger partial charge is 0.236 e. The van der Waals surface area contributed by atoms with Crippen LogP contribution >= 0.6 is 0 Å². The second kappa shape index (κ2) is 7.58. The van der Waals surface area contributed by atoms with E-state index in [1.54, 1.807) is 7.11 Å². The minimum Gasteiger partial charge on any atom is -0.497 e. The van der Waals surface area contributed by atoms with E-state index in [-0.39, 0.29) is 30.2 Å². The number of carbonyl (C=O) groups excluding carboxylic acids is 3. The summed E-state index contributed by atoms with van der Waals surface area (Å²) in [7, 11) is 1.61. The first kappa shape index (κ1) is 21.4. The summed E-state index contributed by atoms with van der Waals surface area (Å²) in [5, 5.41) is 0. The molecule has 0 unspecified atom stereocenters. The van der Waals surface area contributed by atoms with Crippen LogP contribution in [0.25, 0.3) is 6.08 Å². The SMILES string of the molecule is COc1ccc2c(c1)C=C[C@@H]1[C@@H]3C(=O)N(Cc4ccccc4)C(=O)[C@H]3[C@@H](C(=O)C(C)(C)C)N21. The summed E-state index contributed by atoms with van der Waals surface area (Å²) in [6.07, 6.45) is 3.93. The summed E-state index contributed by atoms with van der Waals surface area (Å²) in [6.45, 7) is 5.84. The van der Waals surface area contributed by atoms with Crippen LogP contribution in [0.1, 0.15) is 31.9 Å². The number of rotatable bonds is 4. The van der Waals surface area contributed by atoms with Crippen LogP contribution in [0, 0.1) is 17.3 Å². The maximum atomic E-state index is 13.7. The minimum atomic E-state index is -0.700. The number of fused-ring (bicyclic) bond motifs is 5. The van der Waals surface area contributed by atoms with Crippen LogP contribution in [0.3, 0.4) is 0 Å². The van der Waals surface area contributed by atoms with Gasteiger partial charge in [-0.2, -0.15) is 0 Å². The zero-order chi connectivity index (χ0) is 23.5. The molecule has 5 rings (SSSR count). The van der Waals surface area contributed by atoms with Crippen molar-refractivity contribution in [1.82, 2.24) is 4.90 Å². The molecule has 0 N–H and O–H groups in total. The van der Waals surface area contributed by atoms with Gasteiger partial charge in [-0.1, -0.05) is 63.3 Å². The summed E-state index contributed by atoms with van der Waals surface area (Å²) in [5.74, 6) is -1.04. The van der Waals surface area contributed by atoms with Gasteiger partial charge >= 0.3 is 0 Å². The van der Waals surface area contributed by atoms with Crippen LogP contribution in [0.15, 0.2) is 54.6 Å². The highest BCUT2D eigenvalue weighted by Crippen LogP contribution is 2.50. The maximum Gasteiger partial charge on any atom is 0.236 e. The number of nitrogens with zero attached hydrogens (tertiary/aromatic N) is 2. The van der Waals surface area contributed by atoms with E-state index in [1.165, 1.54) is 4.90 Å². The van der Waals surface area contributed by atoms with E-state index in [0.717, 1.165) is 22.6 Å². The van der Waals surface area contributed by atoms with Gasteiger partial charge in [0.05, 0.1) is 31.5 Å². The average molecular weight is 445 g/mol. The van der Waals surface area contributed by atoms with Crippen molar-refractivity contribution in [2.75, 3.05) is 12.0 Å². The fourth-order valence-electron chi connectivity index (χ4n) is 5.41. The number of hydrogen-bond acceptors (Lipinski definition) is 5. The molecule has 0 radical (unpaired) electrons. The number of ketones is 1. The molecule has 3 heterocycles. The lowest BCUT2D eigenvalue weighted by Crippen LogP contribution is -2.51. The van der Waals surface area contributed by atoms with Crippen molar-refractivity contribution in [3.63, 3.8) is 0 Å². The van der Waals surface area contributed by atoms with Crippen molar-refractivity contribution in [2.24, 2.45) is 17.3 Å². The van der Waals surface area contributed by atoms with Crippen LogP contribution in [-0.4, -0.2) is 41.7 Å². The zero-order valence-corrected chi connectivity index (χ0v) is 19.3. The standard InChI is InChI=1S/C27H28N2O4/c1-27(2,3)24(30)23-22-21(25(31)28(26(22)32)15-16-8-6-5-7-9-16)20-12-10-17-14-18(33-4)11-13-19(17)29(20)23/h5-14,20-23H,15H2,1-4H3/t20-,21+,22-,23+/m1/s1. The van der Waals surface area contributed by atoms with E-state index in [2.05, 4.69) is 0 Å². The fraction of sp³-hybridized carbons (Fsp3) is 0.370. The lowest BCUT2D eigenvalue weighted by atomic mass is 9.79. The van der Waals surface area contributed by atoms with Crippen molar-refractivity contribution in [1.29, 1.82) is 0 Å². The van der Waals surface area contributed by atoms with Gasteiger partial charge in [-0.3, -0.25) is 19.3 Å². The van der Waals surface area contributed by atoms with Crippen LogP contribution in [0.4, 0.5) is 5.69 Å². The summed E-state index contributed by atoms with van der Waals surface area (Å²) in [6, 6.07) is 14.2. The van der Waals surface area contributed by atoms with Gasteiger partial charge in [-0.05, 0) is 23.8 Å². The predicted molar refractivity (Wildman–Crippen MR) is 126 cm³/mol. The van der Waals surface area contributed by atoms with E-state index in [4.69, 9.17) is 4.74 Å². The van der Waals surface area contributed by atoms with Crippen LogP contribution < -0.4 is 9.64 Å². The largest absolute Gasteiger partial charge is 0.497 e. The zero-order valence-electron chi connectivity index (χ0n) is 19.3. The number of hydrogen-bond donors (Lipinski definition) is 0. The summed E-state index contributed by atoms with van der Waals surface area (Å²) < 4.78 is 5.37. The van der Waals surface area contributed by atoms with Gasteiger partial charge in [0.25, 0.3) is 0 Å². The number of likely N-dealkylation sites (tertiary alicyclic amines) is 1. The number of imide groups is 1. The Balaban J connectivity index is 1.59. The molecule has 0 saturated carbocycles. The van der Waals surface area contributed by atoms with E-state index in [0.29, 0.717) is 0 Å². The number of methoxy groups -OCH3 is 1. The monoisotopic (exact) mass is 444 g/mol. The molecule has 0 spiro atoms. The van der Waals surface area contributed by atoms with Crippen molar-refractivity contribution in [3.8, 4) is 5.75 Å². The third kappa shape index (κ3) is 3.27. The second-order valence-electron chi connectivity index (χ2n) is 10.0. The van der Waals surface area contributed by atoms with E-state index < -0.39 is 23.3 Å². The van der Waals surface area contributed by atoms with Crippen LogP contribution in [0.2, 0.25) is 0 Å². The van der Waals surface area contributed by atoms with Gasteiger partial charge in [-0.15, -0.1) is 0 Å². The molecule has 4 atom stereocenters. The molecule has 0 aliphatic carbocycles. The second-order valence-corrected chi connectivity index (χ2v) is 10.0. The molecule has 6 nitrogen and oxygen atoms in total. The first-order valence-corrected chi connectivity index (χ1v) is 11.3. The van der Waals surface area contributed by atoms with E-state index >= 15 is 0 Å². The molecule has 33 heavy (non-hydrogen) atoms. The first-order valence-electron chi connectivity index (χ1n) is 11.3. The molecule has 0 aromatic heterocycles. The van der Waals surface area contributed by atoms with Gasteiger partial charge in [-0.25, -0.2) is 0 Å². The fourth-order valence-corrected chi connectivity index (χ4v) is 5.41. The maximum absolute atomic E-state index is 13.7. The Labute approximate surface area is 193 Å². The topological polar surface area (TPSA) is 66.9 Å². The number of Topliss-reactive ketones (excluding diaryl/α,β-unsaturated/α-hetero) is 1. The molecule has 2 amide bonds. The molecule has 2 fully saturated rings. The molecule has 170 valence electrons. The third-order valence-corrected chi connectivity index (χ3v) is 7.00.